The largest absolute Gasteiger partial charge is 0.418 e. The van der Waals surface area contributed by atoms with Gasteiger partial charge in [-0.2, -0.15) is 13.2 Å². The summed E-state index contributed by atoms with van der Waals surface area (Å²) in [6, 6.07) is 6.11. The van der Waals surface area contributed by atoms with Crippen LogP contribution < -0.4 is 5.32 Å². The molecule has 2 aromatic rings. The Kier molecular flexibility index (Phi) is 4.37. The van der Waals surface area contributed by atoms with Crippen molar-refractivity contribution in [3.05, 3.63) is 51.3 Å². The molecule has 0 radical (unpaired) electrons. The maximum absolute atomic E-state index is 13.0. The monoisotopic (exact) mass is 360 g/mol. The van der Waals surface area contributed by atoms with Gasteiger partial charge in [0.05, 0.1) is 5.56 Å². The van der Waals surface area contributed by atoms with E-state index in [1.54, 1.807) is 6.07 Å². The number of alkyl halides is 3. The summed E-state index contributed by atoms with van der Waals surface area (Å²) in [6.45, 7) is 4.28. The van der Waals surface area contributed by atoms with Crippen LogP contribution in [0.15, 0.2) is 28.7 Å². The van der Waals surface area contributed by atoms with Crippen LogP contribution in [0.25, 0.3) is 0 Å². The van der Waals surface area contributed by atoms with Gasteiger partial charge in [-0.3, -0.25) is 0 Å². The molecule has 0 saturated heterocycles. The second-order valence-electron chi connectivity index (χ2n) is 5.00. The molecule has 0 aliphatic rings. The van der Waals surface area contributed by atoms with Crippen LogP contribution in [0.3, 0.4) is 0 Å². The third-order valence-corrected chi connectivity index (χ3v) is 4.13. The van der Waals surface area contributed by atoms with Gasteiger partial charge in [0.25, 0.3) is 0 Å². The van der Waals surface area contributed by atoms with Crippen LogP contribution in [0.5, 0.6) is 0 Å². The lowest BCUT2D eigenvalue weighted by molar-refractivity contribution is -0.137. The molecule has 6 heteroatoms. The molecule has 2 rings (SSSR count). The summed E-state index contributed by atoms with van der Waals surface area (Å²) < 4.78 is 41.5. The highest BCUT2D eigenvalue weighted by Gasteiger charge is 2.33. The van der Waals surface area contributed by atoms with E-state index in [2.05, 4.69) is 21.2 Å². The van der Waals surface area contributed by atoms with Gasteiger partial charge >= 0.3 is 6.18 Å². The number of aryl methyl sites for hydroxylation is 1. The van der Waals surface area contributed by atoms with E-state index in [-0.39, 0.29) is 5.69 Å². The molecule has 2 nitrogen and oxygen atoms in total. The number of halogens is 4. The number of aromatic nitrogens is 1. The van der Waals surface area contributed by atoms with Crippen molar-refractivity contribution in [1.82, 2.24) is 4.57 Å². The number of anilines is 1. The second kappa shape index (κ2) is 5.75. The Labute approximate surface area is 130 Å². The molecule has 0 amide bonds. The minimum atomic E-state index is -4.38. The molecule has 0 aliphatic carbocycles. The number of benzene rings is 1. The zero-order valence-electron chi connectivity index (χ0n) is 12.0. The number of hydrogen-bond donors (Lipinski definition) is 1. The topological polar surface area (TPSA) is 17.0 Å². The predicted molar refractivity (Wildman–Crippen MR) is 81.4 cm³/mol. The fraction of sp³-hybridized carbons (Fsp3) is 0.333. The Morgan fingerprint density at radius 3 is 2.38 bits per heavy atom. The molecule has 1 N–H and O–H groups in total. The molecule has 1 aromatic carbocycles. The van der Waals surface area contributed by atoms with Crippen molar-refractivity contribution in [3.63, 3.8) is 0 Å². The van der Waals surface area contributed by atoms with E-state index in [9.17, 15) is 13.2 Å². The van der Waals surface area contributed by atoms with Crippen LogP contribution in [0.1, 0.15) is 22.5 Å². The lowest BCUT2D eigenvalue weighted by Gasteiger charge is -2.15. The lowest BCUT2D eigenvalue weighted by atomic mass is 10.1. The van der Waals surface area contributed by atoms with Gasteiger partial charge < -0.3 is 9.88 Å². The molecular weight excluding hydrogens is 345 g/mol. The molecule has 21 heavy (non-hydrogen) atoms. The second-order valence-corrected chi connectivity index (χ2v) is 5.91. The minimum absolute atomic E-state index is 0.0895. The summed E-state index contributed by atoms with van der Waals surface area (Å²) in [5, 5.41) is 2.89. The normalized spacial score (nSPS) is 11.8. The van der Waals surface area contributed by atoms with Crippen molar-refractivity contribution in [2.24, 2.45) is 7.05 Å². The predicted octanol–water partition coefficient (Wildman–Crippen LogP) is 5.04. The SMILES string of the molecule is Cc1cc(CNc2ccc(Br)cc2C(F)(F)F)c(C)n1C. The molecule has 1 heterocycles. The van der Waals surface area contributed by atoms with Crippen LogP contribution in [0, 0.1) is 13.8 Å². The number of rotatable bonds is 3. The zero-order chi connectivity index (χ0) is 15.8. The van der Waals surface area contributed by atoms with E-state index in [1.165, 1.54) is 6.07 Å². The maximum atomic E-state index is 13.0. The fourth-order valence-corrected chi connectivity index (χ4v) is 2.57. The van der Waals surface area contributed by atoms with Crippen LogP contribution in [-0.4, -0.2) is 4.57 Å². The van der Waals surface area contributed by atoms with Gasteiger partial charge in [0.2, 0.25) is 0 Å². The van der Waals surface area contributed by atoms with E-state index in [4.69, 9.17) is 0 Å². The number of nitrogens with zero attached hydrogens (tertiary/aromatic N) is 1. The molecule has 0 spiro atoms. The minimum Gasteiger partial charge on any atom is -0.380 e. The summed E-state index contributed by atoms with van der Waals surface area (Å²) in [5.74, 6) is 0. The van der Waals surface area contributed by atoms with E-state index in [1.807, 2.05) is 31.5 Å². The first kappa shape index (κ1) is 15.9. The van der Waals surface area contributed by atoms with Gasteiger partial charge in [0, 0.05) is 35.1 Å². The fourth-order valence-electron chi connectivity index (χ4n) is 2.21. The van der Waals surface area contributed by atoms with Crippen molar-refractivity contribution in [2.45, 2.75) is 26.6 Å². The highest BCUT2D eigenvalue weighted by atomic mass is 79.9. The molecule has 0 aliphatic heterocycles. The Bertz CT molecular complexity index is 660. The number of hydrogen-bond acceptors (Lipinski definition) is 1. The molecule has 0 fully saturated rings. The quantitative estimate of drug-likeness (QED) is 0.811. The molecular formula is C15H16BrF3N2. The van der Waals surface area contributed by atoms with E-state index in [0.29, 0.717) is 11.0 Å². The molecule has 114 valence electrons. The van der Waals surface area contributed by atoms with E-state index < -0.39 is 11.7 Å². The Hall–Kier alpha value is -1.43. The maximum Gasteiger partial charge on any atom is 0.418 e. The van der Waals surface area contributed by atoms with E-state index in [0.717, 1.165) is 23.0 Å². The first-order valence-electron chi connectivity index (χ1n) is 6.42. The summed E-state index contributed by atoms with van der Waals surface area (Å²) >= 11 is 3.08. The van der Waals surface area contributed by atoms with Crippen LogP contribution in [0.4, 0.5) is 18.9 Å². The van der Waals surface area contributed by atoms with E-state index >= 15 is 0 Å². The van der Waals surface area contributed by atoms with Crippen LogP contribution >= 0.6 is 15.9 Å². The third kappa shape index (κ3) is 3.43. The van der Waals surface area contributed by atoms with Crippen molar-refractivity contribution >= 4 is 21.6 Å². The zero-order valence-corrected chi connectivity index (χ0v) is 13.6. The van der Waals surface area contributed by atoms with Gasteiger partial charge in [0.15, 0.2) is 0 Å². The number of nitrogens with one attached hydrogen (secondary N) is 1. The molecule has 1 aromatic heterocycles. The molecule has 0 atom stereocenters. The Morgan fingerprint density at radius 1 is 1.19 bits per heavy atom. The summed E-state index contributed by atoms with van der Waals surface area (Å²) in [7, 11) is 1.94. The van der Waals surface area contributed by atoms with Crippen LogP contribution in [0.2, 0.25) is 0 Å². The first-order chi connectivity index (χ1) is 9.70. The highest BCUT2D eigenvalue weighted by molar-refractivity contribution is 9.10. The Balaban J connectivity index is 2.26. The van der Waals surface area contributed by atoms with Crippen molar-refractivity contribution in [1.29, 1.82) is 0 Å². The average Bonchev–Trinajstić information content (AvgIpc) is 2.64. The lowest BCUT2D eigenvalue weighted by Crippen LogP contribution is -2.11. The van der Waals surface area contributed by atoms with Gasteiger partial charge in [-0.1, -0.05) is 15.9 Å². The van der Waals surface area contributed by atoms with Crippen molar-refractivity contribution in [3.8, 4) is 0 Å². The van der Waals surface area contributed by atoms with Crippen molar-refractivity contribution in [2.75, 3.05) is 5.32 Å². The average molecular weight is 361 g/mol. The summed E-state index contributed by atoms with van der Waals surface area (Å²) in [6.07, 6.45) is -4.38. The van der Waals surface area contributed by atoms with Gasteiger partial charge in [-0.15, -0.1) is 0 Å². The smallest absolute Gasteiger partial charge is 0.380 e. The summed E-state index contributed by atoms with van der Waals surface area (Å²) in [5.41, 5.74) is 2.54. The summed E-state index contributed by atoms with van der Waals surface area (Å²) in [4.78, 5) is 0. The third-order valence-electron chi connectivity index (χ3n) is 3.64. The molecule has 0 saturated carbocycles. The van der Waals surface area contributed by atoms with Crippen LogP contribution in [-0.2, 0) is 19.8 Å². The first-order valence-corrected chi connectivity index (χ1v) is 7.22. The van der Waals surface area contributed by atoms with Crippen molar-refractivity contribution < 1.29 is 13.2 Å². The van der Waals surface area contributed by atoms with Gasteiger partial charge in [-0.25, -0.2) is 0 Å². The van der Waals surface area contributed by atoms with Gasteiger partial charge in [0.1, 0.15) is 0 Å². The standard InChI is InChI=1S/C15H16BrF3N2/c1-9-6-11(10(2)21(9)3)8-20-14-5-4-12(16)7-13(14)15(17,18)19/h4-7,20H,8H2,1-3H3. The highest BCUT2D eigenvalue weighted by Crippen LogP contribution is 2.36. The molecule has 0 unspecified atom stereocenters. The Morgan fingerprint density at radius 2 is 1.86 bits per heavy atom. The molecule has 0 bridgehead atoms. The van der Waals surface area contributed by atoms with Gasteiger partial charge in [-0.05, 0) is 43.7 Å².